The Morgan fingerprint density at radius 1 is 1.29 bits per heavy atom. The summed E-state index contributed by atoms with van der Waals surface area (Å²) < 4.78 is 30.1. The van der Waals surface area contributed by atoms with Crippen LogP contribution >= 0.6 is 27.3 Å². The molecule has 9 heteroatoms. The van der Waals surface area contributed by atoms with Crippen LogP contribution in [0.5, 0.6) is 0 Å². The summed E-state index contributed by atoms with van der Waals surface area (Å²) in [5, 5.41) is 2.28. The van der Waals surface area contributed by atoms with E-state index in [2.05, 4.69) is 30.6 Å². The Hall–Kier alpha value is -1.55. The number of thiazole rings is 1. The summed E-state index contributed by atoms with van der Waals surface area (Å²) >= 11 is 4.68. The number of imidazole rings is 1. The van der Waals surface area contributed by atoms with Gasteiger partial charge in [-0.25, -0.2) is 23.1 Å². The van der Waals surface area contributed by atoms with E-state index in [1.807, 2.05) is 42.1 Å². The zero-order valence-corrected chi connectivity index (χ0v) is 16.0. The Labute approximate surface area is 152 Å². The summed E-state index contributed by atoms with van der Waals surface area (Å²) in [6.07, 6.45) is 4.04. The maximum absolute atomic E-state index is 12.3. The monoisotopic (exact) mass is 426 g/mol. The third kappa shape index (κ3) is 3.92. The second-order valence-electron chi connectivity index (χ2n) is 5.10. The number of sulfonamides is 1. The smallest absolute Gasteiger partial charge is 0.258 e. The number of hydrogen-bond donors (Lipinski definition) is 1. The van der Waals surface area contributed by atoms with Crippen molar-refractivity contribution in [2.75, 3.05) is 6.54 Å². The molecule has 0 amide bonds. The number of nitrogens with one attached hydrogen (secondary N) is 1. The molecule has 0 aliphatic rings. The van der Waals surface area contributed by atoms with Gasteiger partial charge in [0.05, 0.1) is 0 Å². The van der Waals surface area contributed by atoms with Crippen LogP contribution in [0.4, 0.5) is 0 Å². The zero-order chi connectivity index (χ0) is 17.2. The fraction of sp³-hybridized carbons (Fsp3) is 0.200. The Morgan fingerprint density at radius 3 is 2.71 bits per heavy atom. The first-order chi connectivity index (χ1) is 11.5. The lowest BCUT2D eigenvalue weighted by Crippen LogP contribution is -2.26. The Bertz CT molecular complexity index is 933. The highest BCUT2D eigenvalue weighted by atomic mass is 79.9. The average molecular weight is 427 g/mol. The predicted octanol–water partition coefficient (Wildman–Crippen LogP) is 2.83. The van der Waals surface area contributed by atoms with E-state index in [1.54, 1.807) is 11.6 Å². The van der Waals surface area contributed by atoms with Gasteiger partial charge in [0.15, 0.2) is 5.03 Å². The number of halogens is 1. The summed E-state index contributed by atoms with van der Waals surface area (Å²) in [4.78, 5) is 8.42. The lowest BCUT2D eigenvalue weighted by molar-refractivity contribution is 0.577. The summed E-state index contributed by atoms with van der Waals surface area (Å²) in [6, 6.07) is 7.59. The normalized spacial score (nSPS) is 11.8. The molecule has 3 rings (SSSR count). The molecule has 2 aromatic heterocycles. The lowest BCUT2D eigenvalue weighted by Gasteiger charge is -2.04. The lowest BCUT2D eigenvalue weighted by atomic mass is 10.2. The molecule has 0 aliphatic carbocycles. The van der Waals surface area contributed by atoms with Crippen LogP contribution in [-0.2, 0) is 23.5 Å². The SMILES string of the molecule is Cn1ccnc1CCNS(=O)(=O)c1csc(-c2ccc(Br)cc2)n1. The highest BCUT2D eigenvalue weighted by molar-refractivity contribution is 9.10. The van der Waals surface area contributed by atoms with Gasteiger partial charge in [0, 0.05) is 47.8 Å². The molecule has 0 atom stereocenters. The highest BCUT2D eigenvalue weighted by Crippen LogP contribution is 2.26. The van der Waals surface area contributed by atoms with Crippen molar-refractivity contribution >= 4 is 37.3 Å². The number of aryl methyl sites for hydroxylation is 1. The van der Waals surface area contributed by atoms with Crippen LogP contribution in [-0.4, -0.2) is 29.5 Å². The molecule has 0 bridgehead atoms. The Kier molecular flexibility index (Phi) is 5.14. The van der Waals surface area contributed by atoms with Gasteiger partial charge in [-0.2, -0.15) is 0 Å². The second-order valence-corrected chi connectivity index (χ2v) is 8.59. The van der Waals surface area contributed by atoms with E-state index >= 15 is 0 Å². The van der Waals surface area contributed by atoms with Gasteiger partial charge in [-0.15, -0.1) is 11.3 Å². The molecular weight excluding hydrogens is 412 g/mol. The van der Waals surface area contributed by atoms with Crippen molar-refractivity contribution in [1.29, 1.82) is 0 Å². The molecule has 3 aromatic rings. The maximum Gasteiger partial charge on any atom is 0.258 e. The highest BCUT2D eigenvalue weighted by Gasteiger charge is 2.18. The van der Waals surface area contributed by atoms with Crippen LogP contribution in [0.25, 0.3) is 10.6 Å². The van der Waals surface area contributed by atoms with Crippen molar-refractivity contribution in [3.63, 3.8) is 0 Å². The van der Waals surface area contributed by atoms with Crippen LogP contribution in [0.2, 0.25) is 0 Å². The first-order valence-corrected chi connectivity index (χ1v) is 10.3. The van der Waals surface area contributed by atoms with Gasteiger partial charge in [0.25, 0.3) is 10.0 Å². The van der Waals surface area contributed by atoms with Crippen LogP contribution in [0.1, 0.15) is 5.82 Å². The standard InChI is InChI=1S/C15H15BrN4O2S2/c1-20-9-8-17-13(20)6-7-18-24(21,22)14-10-23-15(19-14)11-2-4-12(16)5-3-11/h2-5,8-10,18H,6-7H2,1H3. The summed E-state index contributed by atoms with van der Waals surface area (Å²) in [6.45, 7) is 0.276. The molecule has 0 spiro atoms. The van der Waals surface area contributed by atoms with Crippen LogP contribution in [0.15, 0.2) is 51.5 Å². The summed E-state index contributed by atoms with van der Waals surface area (Å²) in [5.74, 6) is 0.825. The van der Waals surface area contributed by atoms with E-state index in [0.717, 1.165) is 15.9 Å². The minimum Gasteiger partial charge on any atom is -0.338 e. The molecule has 0 saturated heterocycles. The quantitative estimate of drug-likeness (QED) is 0.657. The summed E-state index contributed by atoms with van der Waals surface area (Å²) in [5.41, 5.74) is 0.887. The molecule has 0 unspecified atom stereocenters. The van der Waals surface area contributed by atoms with Crippen LogP contribution < -0.4 is 4.72 Å². The van der Waals surface area contributed by atoms with E-state index in [9.17, 15) is 8.42 Å². The number of nitrogens with zero attached hydrogens (tertiary/aromatic N) is 3. The van der Waals surface area contributed by atoms with Gasteiger partial charge in [-0.05, 0) is 12.1 Å². The molecule has 0 aliphatic heterocycles. The Morgan fingerprint density at radius 2 is 2.04 bits per heavy atom. The maximum atomic E-state index is 12.3. The van der Waals surface area contributed by atoms with Crippen molar-refractivity contribution in [2.45, 2.75) is 11.4 Å². The van der Waals surface area contributed by atoms with Crippen molar-refractivity contribution in [3.8, 4) is 10.6 Å². The van der Waals surface area contributed by atoms with E-state index in [1.165, 1.54) is 11.3 Å². The fourth-order valence-corrected chi connectivity index (χ4v) is 4.51. The van der Waals surface area contributed by atoms with Crippen molar-refractivity contribution in [1.82, 2.24) is 19.3 Å². The van der Waals surface area contributed by atoms with Gasteiger partial charge in [0.2, 0.25) is 0 Å². The molecule has 0 saturated carbocycles. The van der Waals surface area contributed by atoms with Crippen molar-refractivity contribution < 1.29 is 8.42 Å². The minimum atomic E-state index is -3.62. The van der Waals surface area contributed by atoms with E-state index in [-0.39, 0.29) is 11.6 Å². The van der Waals surface area contributed by atoms with Crippen molar-refractivity contribution in [3.05, 3.63) is 52.3 Å². The first-order valence-electron chi connectivity index (χ1n) is 7.13. The molecular formula is C15H15BrN4O2S2. The average Bonchev–Trinajstić information content (AvgIpc) is 3.18. The molecule has 2 heterocycles. The second kappa shape index (κ2) is 7.14. The fourth-order valence-electron chi connectivity index (χ4n) is 2.12. The molecule has 1 N–H and O–H groups in total. The molecule has 126 valence electrons. The van der Waals surface area contributed by atoms with Crippen LogP contribution in [0.3, 0.4) is 0 Å². The number of hydrogen-bond acceptors (Lipinski definition) is 5. The predicted molar refractivity (Wildman–Crippen MR) is 97.4 cm³/mol. The largest absolute Gasteiger partial charge is 0.338 e. The van der Waals surface area contributed by atoms with Gasteiger partial charge >= 0.3 is 0 Å². The third-order valence-corrected chi connectivity index (χ3v) is 6.32. The van der Waals surface area contributed by atoms with Gasteiger partial charge < -0.3 is 4.57 Å². The van der Waals surface area contributed by atoms with Crippen molar-refractivity contribution in [2.24, 2.45) is 7.05 Å². The van der Waals surface area contributed by atoms with Gasteiger partial charge in [0.1, 0.15) is 10.8 Å². The molecule has 1 aromatic carbocycles. The number of aromatic nitrogens is 3. The van der Waals surface area contributed by atoms with Crippen LogP contribution in [0, 0.1) is 0 Å². The van der Waals surface area contributed by atoms with E-state index in [0.29, 0.717) is 11.4 Å². The zero-order valence-electron chi connectivity index (χ0n) is 12.8. The van der Waals surface area contributed by atoms with E-state index < -0.39 is 10.0 Å². The molecule has 0 fully saturated rings. The molecule has 0 radical (unpaired) electrons. The minimum absolute atomic E-state index is 0.0465. The summed E-state index contributed by atoms with van der Waals surface area (Å²) in [7, 11) is -1.74. The van der Waals surface area contributed by atoms with Gasteiger partial charge in [-0.3, -0.25) is 0 Å². The topological polar surface area (TPSA) is 76.9 Å². The number of rotatable bonds is 6. The third-order valence-electron chi connectivity index (χ3n) is 3.41. The molecule has 24 heavy (non-hydrogen) atoms. The van der Waals surface area contributed by atoms with Gasteiger partial charge in [-0.1, -0.05) is 28.1 Å². The van der Waals surface area contributed by atoms with E-state index in [4.69, 9.17) is 0 Å². The Balaban J connectivity index is 1.69. The first kappa shape index (κ1) is 17.3. The number of benzene rings is 1. The molecule has 6 nitrogen and oxygen atoms in total.